The molecule has 0 saturated carbocycles. The van der Waals surface area contributed by atoms with E-state index in [9.17, 15) is 4.79 Å². The lowest BCUT2D eigenvalue weighted by atomic mass is 9.96. The Balaban J connectivity index is 1.79. The highest BCUT2D eigenvalue weighted by Gasteiger charge is 2.39. The summed E-state index contributed by atoms with van der Waals surface area (Å²) in [5, 5.41) is 7.57. The summed E-state index contributed by atoms with van der Waals surface area (Å²) in [6.07, 6.45) is 2.23. The lowest BCUT2D eigenvalue weighted by Gasteiger charge is -2.41. The first-order chi connectivity index (χ1) is 9.16. The predicted molar refractivity (Wildman–Crippen MR) is 77.0 cm³/mol. The van der Waals surface area contributed by atoms with Crippen LogP contribution < -0.4 is 5.32 Å². The zero-order valence-corrected chi connectivity index (χ0v) is 12.3. The van der Waals surface area contributed by atoms with Crippen LogP contribution in [0.15, 0.2) is 16.8 Å². The normalized spacial score (nSPS) is 33.1. The third-order valence-electron chi connectivity index (χ3n) is 4.45. The number of carbonyl (C=O) groups excluding carboxylic acids is 1. The fraction of sp³-hybridized carbons (Fsp3) is 0.643. The fourth-order valence-corrected chi connectivity index (χ4v) is 3.84. The molecule has 0 radical (unpaired) electrons. The summed E-state index contributed by atoms with van der Waals surface area (Å²) in [6.45, 7) is 3.80. The van der Waals surface area contributed by atoms with Gasteiger partial charge in [0.1, 0.15) is 6.17 Å². The number of piperidine rings is 1. The molecule has 0 bridgehead atoms. The van der Waals surface area contributed by atoms with Crippen LogP contribution in [0, 0.1) is 0 Å². The first kappa shape index (κ1) is 13.1. The van der Waals surface area contributed by atoms with Crippen molar-refractivity contribution in [1.82, 2.24) is 15.1 Å². The van der Waals surface area contributed by atoms with Crippen LogP contribution in [-0.2, 0) is 4.79 Å². The first-order valence-corrected chi connectivity index (χ1v) is 7.88. The van der Waals surface area contributed by atoms with Gasteiger partial charge in [0.25, 0.3) is 0 Å². The number of hydrogen-bond donors (Lipinski definition) is 1. The van der Waals surface area contributed by atoms with Crippen molar-refractivity contribution in [2.75, 3.05) is 20.1 Å². The lowest BCUT2D eigenvalue weighted by Crippen LogP contribution is -2.49. The minimum Gasteiger partial charge on any atom is -0.319 e. The molecule has 0 aromatic carbocycles. The Bertz CT molecular complexity index is 448. The van der Waals surface area contributed by atoms with Crippen LogP contribution in [0.2, 0.25) is 0 Å². The van der Waals surface area contributed by atoms with Gasteiger partial charge in [-0.1, -0.05) is 0 Å². The van der Waals surface area contributed by atoms with Gasteiger partial charge in [-0.2, -0.15) is 11.3 Å². The quantitative estimate of drug-likeness (QED) is 0.894. The second-order valence-electron chi connectivity index (χ2n) is 5.65. The molecule has 19 heavy (non-hydrogen) atoms. The van der Waals surface area contributed by atoms with Gasteiger partial charge in [0.05, 0.1) is 6.54 Å². The molecule has 5 heteroatoms. The topological polar surface area (TPSA) is 35.6 Å². The molecule has 3 heterocycles. The minimum atomic E-state index is 0.0827. The standard InChI is InChI=1S/C14H21N3OS/c1-10-7-12(3-5-16(10)2)17-13(18)8-15-14(17)11-4-6-19-9-11/h4,6,9-10,12,14-15H,3,5,7-8H2,1-2H3. The third-order valence-corrected chi connectivity index (χ3v) is 5.15. The van der Waals surface area contributed by atoms with Crippen molar-refractivity contribution in [2.45, 2.75) is 38.0 Å². The summed E-state index contributed by atoms with van der Waals surface area (Å²) in [7, 11) is 2.17. The second kappa shape index (κ2) is 5.23. The van der Waals surface area contributed by atoms with E-state index < -0.39 is 0 Å². The van der Waals surface area contributed by atoms with E-state index in [1.807, 2.05) is 0 Å². The third kappa shape index (κ3) is 2.42. The van der Waals surface area contributed by atoms with Crippen LogP contribution in [0.25, 0.3) is 0 Å². The minimum absolute atomic E-state index is 0.0827. The number of nitrogens with one attached hydrogen (secondary N) is 1. The molecule has 1 aromatic heterocycles. The molecule has 2 aliphatic rings. The van der Waals surface area contributed by atoms with E-state index in [2.05, 4.69) is 45.9 Å². The molecule has 3 rings (SSSR count). The van der Waals surface area contributed by atoms with Gasteiger partial charge in [0.15, 0.2) is 0 Å². The van der Waals surface area contributed by atoms with Crippen molar-refractivity contribution in [2.24, 2.45) is 0 Å². The maximum atomic E-state index is 12.2. The summed E-state index contributed by atoms with van der Waals surface area (Å²) in [5.74, 6) is 0.248. The zero-order valence-electron chi connectivity index (χ0n) is 11.5. The van der Waals surface area contributed by atoms with E-state index in [0.29, 0.717) is 18.6 Å². The Labute approximate surface area is 118 Å². The molecule has 1 aromatic rings. The van der Waals surface area contributed by atoms with Gasteiger partial charge in [-0.05, 0) is 49.2 Å². The number of amides is 1. The number of rotatable bonds is 2. The number of nitrogens with zero attached hydrogens (tertiary/aromatic N) is 2. The van der Waals surface area contributed by atoms with Gasteiger partial charge in [-0.25, -0.2) is 0 Å². The predicted octanol–water partition coefficient (Wildman–Crippen LogP) is 1.66. The van der Waals surface area contributed by atoms with Gasteiger partial charge < -0.3 is 9.80 Å². The Kier molecular flexibility index (Phi) is 3.60. The van der Waals surface area contributed by atoms with Crippen LogP contribution in [0.4, 0.5) is 0 Å². The average molecular weight is 279 g/mol. The van der Waals surface area contributed by atoms with Crippen molar-refractivity contribution in [3.63, 3.8) is 0 Å². The largest absolute Gasteiger partial charge is 0.319 e. The molecule has 0 aliphatic carbocycles. The number of thiophene rings is 1. The Morgan fingerprint density at radius 1 is 1.47 bits per heavy atom. The van der Waals surface area contributed by atoms with Gasteiger partial charge in [0, 0.05) is 18.6 Å². The molecule has 2 aliphatic heterocycles. The average Bonchev–Trinajstić information content (AvgIpc) is 3.01. The monoisotopic (exact) mass is 279 g/mol. The van der Waals surface area contributed by atoms with E-state index in [1.165, 1.54) is 5.56 Å². The van der Waals surface area contributed by atoms with Gasteiger partial charge in [0.2, 0.25) is 5.91 Å². The Hall–Kier alpha value is -0.910. The molecule has 2 saturated heterocycles. The molecule has 0 spiro atoms. The number of hydrogen-bond acceptors (Lipinski definition) is 4. The molecular formula is C14H21N3OS. The van der Waals surface area contributed by atoms with E-state index in [-0.39, 0.29) is 12.1 Å². The van der Waals surface area contributed by atoms with Crippen LogP contribution in [-0.4, -0.2) is 47.9 Å². The maximum absolute atomic E-state index is 12.2. The SMILES string of the molecule is CC1CC(N2C(=O)CNC2c2ccsc2)CCN1C. The highest BCUT2D eigenvalue weighted by Crippen LogP contribution is 2.31. The summed E-state index contributed by atoms with van der Waals surface area (Å²) in [5.41, 5.74) is 1.22. The van der Waals surface area contributed by atoms with Gasteiger partial charge in [-0.3, -0.25) is 10.1 Å². The van der Waals surface area contributed by atoms with Crippen LogP contribution in [0.3, 0.4) is 0 Å². The van der Waals surface area contributed by atoms with Crippen molar-refractivity contribution in [1.29, 1.82) is 0 Å². The number of carbonyl (C=O) groups is 1. The first-order valence-electron chi connectivity index (χ1n) is 6.93. The molecule has 2 fully saturated rings. The van der Waals surface area contributed by atoms with E-state index >= 15 is 0 Å². The summed E-state index contributed by atoms with van der Waals surface area (Å²) in [4.78, 5) is 16.7. The summed E-state index contributed by atoms with van der Waals surface area (Å²) < 4.78 is 0. The Morgan fingerprint density at radius 3 is 3.00 bits per heavy atom. The molecule has 1 amide bonds. The van der Waals surface area contributed by atoms with E-state index in [0.717, 1.165) is 19.4 Å². The van der Waals surface area contributed by atoms with E-state index in [4.69, 9.17) is 0 Å². The zero-order chi connectivity index (χ0) is 13.4. The summed E-state index contributed by atoms with van der Waals surface area (Å²) >= 11 is 1.69. The summed E-state index contributed by atoms with van der Waals surface area (Å²) in [6, 6.07) is 3.04. The molecule has 3 unspecified atom stereocenters. The highest BCUT2D eigenvalue weighted by molar-refractivity contribution is 7.07. The maximum Gasteiger partial charge on any atom is 0.238 e. The van der Waals surface area contributed by atoms with Crippen molar-refractivity contribution >= 4 is 17.2 Å². The van der Waals surface area contributed by atoms with Crippen LogP contribution >= 0.6 is 11.3 Å². The molecular weight excluding hydrogens is 258 g/mol. The molecule has 1 N–H and O–H groups in total. The van der Waals surface area contributed by atoms with Crippen molar-refractivity contribution in [3.05, 3.63) is 22.4 Å². The van der Waals surface area contributed by atoms with Crippen LogP contribution in [0.1, 0.15) is 31.5 Å². The Morgan fingerprint density at radius 2 is 2.32 bits per heavy atom. The smallest absolute Gasteiger partial charge is 0.238 e. The van der Waals surface area contributed by atoms with Gasteiger partial charge >= 0.3 is 0 Å². The molecule has 4 nitrogen and oxygen atoms in total. The second-order valence-corrected chi connectivity index (χ2v) is 6.43. The van der Waals surface area contributed by atoms with Gasteiger partial charge in [-0.15, -0.1) is 0 Å². The number of likely N-dealkylation sites (tertiary alicyclic amines) is 1. The van der Waals surface area contributed by atoms with Crippen molar-refractivity contribution < 1.29 is 4.79 Å². The lowest BCUT2D eigenvalue weighted by molar-refractivity contribution is -0.131. The van der Waals surface area contributed by atoms with Crippen molar-refractivity contribution in [3.8, 4) is 0 Å². The highest BCUT2D eigenvalue weighted by atomic mass is 32.1. The molecule has 104 valence electrons. The molecule has 3 atom stereocenters. The van der Waals surface area contributed by atoms with E-state index in [1.54, 1.807) is 11.3 Å². The van der Waals surface area contributed by atoms with Crippen LogP contribution in [0.5, 0.6) is 0 Å². The fourth-order valence-electron chi connectivity index (χ4n) is 3.16.